The van der Waals surface area contributed by atoms with Crippen LogP contribution in [0.15, 0.2) is 73.1 Å². The van der Waals surface area contributed by atoms with Gasteiger partial charge in [0.25, 0.3) is 5.91 Å². The zero-order valence-electron chi connectivity index (χ0n) is 17.1. The van der Waals surface area contributed by atoms with Gasteiger partial charge in [0, 0.05) is 50.7 Å². The first kappa shape index (κ1) is 20.0. The SMILES string of the molecule is O=C(NCCCN1CCN(c2ncccn2)CC1)c1ccc(-c2ccccc2)cc1. The lowest BCUT2D eigenvalue weighted by Crippen LogP contribution is -2.47. The summed E-state index contributed by atoms with van der Waals surface area (Å²) in [4.78, 5) is 25.7. The Kier molecular flexibility index (Phi) is 6.67. The van der Waals surface area contributed by atoms with Crippen molar-refractivity contribution in [1.82, 2.24) is 20.2 Å². The van der Waals surface area contributed by atoms with E-state index in [0.717, 1.165) is 56.2 Å². The van der Waals surface area contributed by atoms with Gasteiger partial charge in [-0.25, -0.2) is 9.97 Å². The number of amides is 1. The van der Waals surface area contributed by atoms with Gasteiger partial charge in [-0.3, -0.25) is 9.69 Å². The van der Waals surface area contributed by atoms with Crippen LogP contribution >= 0.6 is 0 Å². The Labute approximate surface area is 177 Å². The molecule has 2 heterocycles. The molecule has 3 aromatic rings. The summed E-state index contributed by atoms with van der Waals surface area (Å²) in [5.41, 5.74) is 2.97. The van der Waals surface area contributed by atoms with E-state index in [9.17, 15) is 4.79 Å². The molecule has 1 fully saturated rings. The van der Waals surface area contributed by atoms with Crippen molar-refractivity contribution < 1.29 is 4.79 Å². The van der Waals surface area contributed by atoms with Gasteiger partial charge in [-0.15, -0.1) is 0 Å². The van der Waals surface area contributed by atoms with Crippen molar-refractivity contribution in [2.75, 3.05) is 44.2 Å². The minimum Gasteiger partial charge on any atom is -0.352 e. The fraction of sp³-hybridized carbons (Fsp3) is 0.292. The Morgan fingerprint density at radius 3 is 2.20 bits per heavy atom. The predicted octanol–water partition coefficient (Wildman–Crippen LogP) is 3.09. The number of nitrogens with one attached hydrogen (secondary N) is 1. The largest absolute Gasteiger partial charge is 0.352 e. The van der Waals surface area contributed by atoms with Gasteiger partial charge in [0.2, 0.25) is 5.95 Å². The Hall–Kier alpha value is -3.25. The minimum atomic E-state index is -0.0133. The van der Waals surface area contributed by atoms with Crippen LogP contribution in [0.25, 0.3) is 11.1 Å². The van der Waals surface area contributed by atoms with E-state index in [1.54, 1.807) is 12.4 Å². The highest BCUT2D eigenvalue weighted by Gasteiger charge is 2.18. The van der Waals surface area contributed by atoms with Crippen LogP contribution in [-0.2, 0) is 0 Å². The molecule has 0 spiro atoms. The summed E-state index contributed by atoms with van der Waals surface area (Å²) < 4.78 is 0. The average molecular weight is 402 g/mol. The molecule has 6 nitrogen and oxygen atoms in total. The van der Waals surface area contributed by atoms with Gasteiger partial charge in [-0.05, 0) is 42.3 Å². The molecule has 2 aromatic carbocycles. The van der Waals surface area contributed by atoms with E-state index in [0.29, 0.717) is 12.1 Å². The fourth-order valence-corrected chi connectivity index (χ4v) is 3.68. The third-order valence-corrected chi connectivity index (χ3v) is 5.40. The third kappa shape index (κ3) is 5.21. The molecule has 4 rings (SSSR count). The van der Waals surface area contributed by atoms with E-state index in [-0.39, 0.29) is 5.91 Å². The van der Waals surface area contributed by atoms with Crippen molar-refractivity contribution in [3.8, 4) is 11.1 Å². The number of hydrogen-bond acceptors (Lipinski definition) is 5. The van der Waals surface area contributed by atoms with Gasteiger partial charge in [0.05, 0.1) is 0 Å². The number of aromatic nitrogens is 2. The molecule has 1 amide bonds. The third-order valence-electron chi connectivity index (χ3n) is 5.40. The zero-order chi connectivity index (χ0) is 20.6. The molecule has 0 radical (unpaired) electrons. The highest BCUT2D eigenvalue weighted by molar-refractivity contribution is 5.94. The van der Waals surface area contributed by atoms with Crippen molar-refractivity contribution in [3.05, 3.63) is 78.6 Å². The molecule has 1 N–H and O–H groups in total. The zero-order valence-corrected chi connectivity index (χ0v) is 17.1. The summed E-state index contributed by atoms with van der Waals surface area (Å²) >= 11 is 0. The second kappa shape index (κ2) is 9.98. The van der Waals surface area contributed by atoms with E-state index in [2.05, 4.69) is 37.2 Å². The standard InChI is InChI=1S/C24H27N5O/c30-23(22-10-8-21(9-11-22)20-6-2-1-3-7-20)25-14-5-15-28-16-18-29(19-17-28)24-26-12-4-13-27-24/h1-4,6-13H,5,14-19H2,(H,25,30). The molecule has 0 aliphatic carbocycles. The van der Waals surface area contributed by atoms with Gasteiger partial charge in [-0.1, -0.05) is 42.5 Å². The number of carbonyl (C=O) groups is 1. The number of hydrogen-bond donors (Lipinski definition) is 1. The monoisotopic (exact) mass is 401 g/mol. The van der Waals surface area contributed by atoms with Crippen LogP contribution in [0.2, 0.25) is 0 Å². The highest BCUT2D eigenvalue weighted by atomic mass is 16.1. The van der Waals surface area contributed by atoms with Crippen molar-refractivity contribution in [2.24, 2.45) is 0 Å². The first-order valence-electron chi connectivity index (χ1n) is 10.5. The lowest BCUT2D eigenvalue weighted by atomic mass is 10.0. The molecule has 0 saturated carbocycles. The van der Waals surface area contributed by atoms with Crippen LogP contribution in [0.3, 0.4) is 0 Å². The lowest BCUT2D eigenvalue weighted by Gasteiger charge is -2.34. The van der Waals surface area contributed by atoms with Gasteiger partial charge >= 0.3 is 0 Å². The fourth-order valence-electron chi connectivity index (χ4n) is 3.68. The van der Waals surface area contributed by atoms with Gasteiger partial charge in [0.1, 0.15) is 0 Å². The molecule has 0 unspecified atom stereocenters. The maximum atomic E-state index is 12.4. The van der Waals surface area contributed by atoms with Crippen LogP contribution in [0.4, 0.5) is 5.95 Å². The molecule has 1 aliphatic heterocycles. The topological polar surface area (TPSA) is 61.4 Å². The summed E-state index contributed by atoms with van der Waals surface area (Å²) in [5.74, 6) is 0.795. The average Bonchev–Trinajstić information content (AvgIpc) is 2.83. The van der Waals surface area contributed by atoms with E-state index >= 15 is 0 Å². The number of nitrogens with zero attached hydrogens (tertiary/aromatic N) is 4. The predicted molar refractivity (Wildman–Crippen MR) is 120 cm³/mol. The summed E-state index contributed by atoms with van der Waals surface area (Å²) in [6, 6.07) is 19.8. The number of anilines is 1. The second-order valence-corrected chi connectivity index (χ2v) is 7.43. The molecule has 1 aliphatic rings. The molecule has 154 valence electrons. The van der Waals surface area contributed by atoms with E-state index < -0.39 is 0 Å². The normalized spacial score (nSPS) is 14.5. The van der Waals surface area contributed by atoms with Gasteiger partial charge < -0.3 is 10.2 Å². The first-order chi connectivity index (χ1) is 14.8. The van der Waals surface area contributed by atoms with E-state index in [1.807, 2.05) is 48.5 Å². The quantitative estimate of drug-likeness (QED) is 0.617. The summed E-state index contributed by atoms with van der Waals surface area (Å²) in [7, 11) is 0. The van der Waals surface area contributed by atoms with E-state index in [4.69, 9.17) is 0 Å². The van der Waals surface area contributed by atoms with Crippen molar-refractivity contribution in [2.45, 2.75) is 6.42 Å². The second-order valence-electron chi connectivity index (χ2n) is 7.43. The van der Waals surface area contributed by atoms with Crippen molar-refractivity contribution >= 4 is 11.9 Å². The minimum absolute atomic E-state index is 0.0133. The first-order valence-corrected chi connectivity index (χ1v) is 10.5. The molecule has 0 bridgehead atoms. The van der Waals surface area contributed by atoms with Crippen molar-refractivity contribution in [1.29, 1.82) is 0 Å². The molecular formula is C24H27N5O. The highest BCUT2D eigenvalue weighted by Crippen LogP contribution is 2.19. The molecule has 1 saturated heterocycles. The van der Waals surface area contributed by atoms with Crippen LogP contribution in [0, 0.1) is 0 Å². The smallest absolute Gasteiger partial charge is 0.251 e. The van der Waals surface area contributed by atoms with Crippen molar-refractivity contribution in [3.63, 3.8) is 0 Å². The van der Waals surface area contributed by atoms with Gasteiger partial charge in [-0.2, -0.15) is 0 Å². The van der Waals surface area contributed by atoms with Crippen LogP contribution in [0.1, 0.15) is 16.8 Å². The van der Waals surface area contributed by atoms with Crippen LogP contribution < -0.4 is 10.2 Å². The molecule has 30 heavy (non-hydrogen) atoms. The molecule has 6 heteroatoms. The van der Waals surface area contributed by atoms with Gasteiger partial charge in [0.15, 0.2) is 0 Å². The lowest BCUT2D eigenvalue weighted by molar-refractivity contribution is 0.0951. The van der Waals surface area contributed by atoms with Crippen LogP contribution in [0.5, 0.6) is 0 Å². The van der Waals surface area contributed by atoms with Crippen LogP contribution in [-0.4, -0.2) is 60.0 Å². The molecule has 1 aromatic heterocycles. The van der Waals surface area contributed by atoms with E-state index in [1.165, 1.54) is 0 Å². The molecule has 0 atom stereocenters. The summed E-state index contributed by atoms with van der Waals surface area (Å²) in [6.45, 7) is 5.52. The maximum absolute atomic E-state index is 12.4. The Bertz CT molecular complexity index is 923. The summed E-state index contributed by atoms with van der Waals surface area (Å²) in [6.07, 6.45) is 4.51. The number of benzene rings is 2. The number of carbonyl (C=O) groups excluding carboxylic acids is 1. The Morgan fingerprint density at radius 1 is 0.833 bits per heavy atom. The maximum Gasteiger partial charge on any atom is 0.251 e. The number of rotatable bonds is 7. The number of piperazine rings is 1. The molecular weight excluding hydrogens is 374 g/mol. The summed E-state index contributed by atoms with van der Waals surface area (Å²) in [5, 5.41) is 3.04. The Morgan fingerprint density at radius 2 is 1.50 bits per heavy atom. The Balaban J connectivity index is 1.17.